The molecule has 4 heterocycles. The van der Waals surface area contributed by atoms with Crippen molar-refractivity contribution in [3.63, 3.8) is 0 Å². The molecular weight excluding hydrogens is 366 g/mol. The lowest BCUT2D eigenvalue weighted by atomic mass is 10.1. The van der Waals surface area contributed by atoms with Crippen LogP contribution in [0.5, 0.6) is 0 Å². The third-order valence-electron chi connectivity index (χ3n) is 4.20. The van der Waals surface area contributed by atoms with E-state index in [1.54, 1.807) is 30.6 Å². The summed E-state index contributed by atoms with van der Waals surface area (Å²) in [6.45, 7) is 2.85. The van der Waals surface area contributed by atoms with Crippen molar-refractivity contribution in [3.05, 3.63) is 59.9 Å². The number of alkyl halides is 2. The van der Waals surface area contributed by atoms with Crippen molar-refractivity contribution in [2.24, 2.45) is 4.99 Å². The molecule has 0 amide bonds. The lowest BCUT2D eigenvalue weighted by Crippen LogP contribution is -2.34. The highest BCUT2D eigenvalue weighted by Crippen LogP contribution is 2.39. The average molecular weight is 380 g/mol. The fourth-order valence-corrected chi connectivity index (χ4v) is 2.77. The summed E-state index contributed by atoms with van der Waals surface area (Å²) in [7, 11) is 0. The lowest BCUT2D eigenvalue weighted by Gasteiger charge is -2.18. The second-order valence-electron chi connectivity index (χ2n) is 6.22. The first kappa shape index (κ1) is 17.9. The molecule has 0 bridgehead atoms. The fraction of sp³-hybridized carbons (Fsp3) is 0.211. The van der Waals surface area contributed by atoms with Crippen molar-refractivity contribution in [1.29, 1.82) is 0 Å². The monoisotopic (exact) mass is 380 g/mol. The smallest absolute Gasteiger partial charge is 0.269 e. The maximum Gasteiger partial charge on any atom is 0.269 e. The second kappa shape index (κ2) is 6.90. The Morgan fingerprint density at radius 2 is 2.07 bits per heavy atom. The van der Waals surface area contributed by atoms with Crippen LogP contribution in [0.1, 0.15) is 23.6 Å². The molecule has 1 N–H and O–H groups in total. The fourth-order valence-electron chi connectivity index (χ4n) is 2.77. The third-order valence-corrected chi connectivity index (χ3v) is 4.20. The molecule has 3 aromatic heterocycles. The number of pyridine rings is 2. The zero-order chi connectivity index (χ0) is 19.6. The molecule has 0 unspecified atom stereocenters. The molecule has 0 spiro atoms. The van der Waals surface area contributed by atoms with Crippen LogP contribution in [0.15, 0.2) is 52.2 Å². The first-order valence-corrected chi connectivity index (χ1v) is 8.34. The molecule has 1 aliphatic rings. The summed E-state index contributed by atoms with van der Waals surface area (Å²) < 4.78 is 32.4. The SMILES string of the molecule is C=N[C@]1(c2nc(-c3ccc(C#Cc4ccccn4)cn3)no2)CC(F)(F)CN1. The minimum absolute atomic E-state index is 0.0736. The zero-order valence-electron chi connectivity index (χ0n) is 14.6. The van der Waals surface area contributed by atoms with Crippen molar-refractivity contribution < 1.29 is 13.3 Å². The van der Waals surface area contributed by atoms with E-state index in [2.05, 4.69) is 49.0 Å². The zero-order valence-corrected chi connectivity index (χ0v) is 14.6. The first-order valence-electron chi connectivity index (χ1n) is 8.34. The summed E-state index contributed by atoms with van der Waals surface area (Å²) in [4.78, 5) is 16.3. The number of halogens is 2. The molecule has 28 heavy (non-hydrogen) atoms. The van der Waals surface area contributed by atoms with E-state index >= 15 is 0 Å². The normalized spacial score (nSPS) is 20.4. The maximum atomic E-state index is 13.6. The molecule has 1 saturated heterocycles. The summed E-state index contributed by atoms with van der Waals surface area (Å²) in [5.74, 6) is 3.05. The Kier molecular flexibility index (Phi) is 4.41. The minimum Gasteiger partial charge on any atom is -0.335 e. The summed E-state index contributed by atoms with van der Waals surface area (Å²) in [6, 6.07) is 8.89. The standard InChI is InChI=1S/C19H14F2N6O/c1-22-19(11-18(20,21)12-25-19)17-26-16(27-28-17)15-8-6-13(10-24-15)5-7-14-4-2-3-9-23-14/h2-4,6,8-10,25H,1,11-12H2/t19-/m1/s1. The van der Waals surface area contributed by atoms with E-state index in [-0.39, 0.29) is 11.7 Å². The predicted molar refractivity (Wildman–Crippen MR) is 96.5 cm³/mol. The molecule has 0 saturated carbocycles. The largest absolute Gasteiger partial charge is 0.335 e. The molecule has 1 atom stereocenters. The highest BCUT2D eigenvalue weighted by atomic mass is 19.3. The Morgan fingerprint density at radius 3 is 2.71 bits per heavy atom. The van der Waals surface area contributed by atoms with Crippen LogP contribution in [0.25, 0.3) is 11.5 Å². The van der Waals surface area contributed by atoms with Crippen LogP contribution in [0.2, 0.25) is 0 Å². The minimum atomic E-state index is -2.93. The highest BCUT2D eigenvalue weighted by molar-refractivity contribution is 5.50. The van der Waals surface area contributed by atoms with Crippen LogP contribution < -0.4 is 5.32 Å². The Bertz CT molecular complexity index is 1060. The molecule has 0 aromatic carbocycles. The van der Waals surface area contributed by atoms with Crippen LogP contribution in [0, 0.1) is 11.8 Å². The van der Waals surface area contributed by atoms with Crippen molar-refractivity contribution in [2.45, 2.75) is 18.0 Å². The quantitative estimate of drug-likeness (QED) is 0.554. The topological polar surface area (TPSA) is 89.1 Å². The van der Waals surface area contributed by atoms with Crippen molar-refractivity contribution >= 4 is 6.72 Å². The van der Waals surface area contributed by atoms with E-state index in [1.165, 1.54) is 0 Å². The molecule has 9 heteroatoms. The Labute approximate surface area is 158 Å². The summed E-state index contributed by atoms with van der Waals surface area (Å²) in [6.07, 6.45) is 2.63. The van der Waals surface area contributed by atoms with E-state index in [0.29, 0.717) is 17.0 Å². The number of nitrogens with one attached hydrogen (secondary N) is 1. The van der Waals surface area contributed by atoms with Crippen molar-refractivity contribution in [2.75, 3.05) is 6.54 Å². The summed E-state index contributed by atoms with van der Waals surface area (Å²) >= 11 is 0. The van der Waals surface area contributed by atoms with Gasteiger partial charge in [-0.3, -0.25) is 15.3 Å². The van der Waals surface area contributed by atoms with Crippen LogP contribution in [-0.2, 0) is 5.66 Å². The van der Waals surface area contributed by atoms with Crippen LogP contribution >= 0.6 is 0 Å². The molecule has 3 aromatic rings. The average Bonchev–Trinajstić information content (AvgIpc) is 3.33. The molecule has 4 rings (SSSR count). The molecule has 1 aliphatic heterocycles. The van der Waals surface area contributed by atoms with Gasteiger partial charge in [-0.1, -0.05) is 17.1 Å². The highest BCUT2D eigenvalue weighted by Gasteiger charge is 2.53. The molecule has 0 aliphatic carbocycles. The van der Waals surface area contributed by atoms with Gasteiger partial charge in [0.1, 0.15) is 11.4 Å². The molecule has 7 nitrogen and oxygen atoms in total. The molecule has 1 fully saturated rings. The van der Waals surface area contributed by atoms with Gasteiger partial charge in [-0.25, -0.2) is 13.8 Å². The third kappa shape index (κ3) is 3.50. The summed E-state index contributed by atoms with van der Waals surface area (Å²) in [5.41, 5.74) is 0.252. The number of nitrogens with zero attached hydrogens (tertiary/aromatic N) is 5. The predicted octanol–water partition coefficient (Wildman–Crippen LogP) is 2.41. The van der Waals surface area contributed by atoms with E-state index in [9.17, 15) is 8.78 Å². The van der Waals surface area contributed by atoms with Crippen LogP contribution in [-0.4, -0.2) is 39.3 Å². The van der Waals surface area contributed by atoms with E-state index < -0.39 is 24.6 Å². The second-order valence-corrected chi connectivity index (χ2v) is 6.22. The van der Waals surface area contributed by atoms with Gasteiger partial charge in [-0.15, -0.1) is 0 Å². The van der Waals surface area contributed by atoms with Crippen molar-refractivity contribution in [3.8, 4) is 23.4 Å². The van der Waals surface area contributed by atoms with Gasteiger partial charge >= 0.3 is 0 Å². The first-order chi connectivity index (χ1) is 13.5. The summed E-state index contributed by atoms with van der Waals surface area (Å²) in [5, 5.41) is 6.44. The van der Waals surface area contributed by atoms with Gasteiger partial charge in [-0.05, 0) is 36.9 Å². The van der Waals surface area contributed by atoms with E-state index in [1.807, 2.05) is 12.1 Å². The van der Waals surface area contributed by atoms with Gasteiger partial charge in [0.2, 0.25) is 5.82 Å². The van der Waals surface area contributed by atoms with E-state index in [0.717, 1.165) is 0 Å². The number of hydrogen-bond acceptors (Lipinski definition) is 7. The Balaban J connectivity index is 1.55. The molecule has 0 radical (unpaired) electrons. The van der Waals surface area contributed by atoms with Gasteiger partial charge in [-0.2, -0.15) is 4.98 Å². The van der Waals surface area contributed by atoms with Crippen LogP contribution in [0.4, 0.5) is 8.78 Å². The number of aliphatic imine (C=N–C) groups is 1. The van der Waals surface area contributed by atoms with Crippen molar-refractivity contribution in [1.82, 2.24) is 25.4 Å². The Morgan fingerprint density at radius 1 is 1.18 bits per heavy atom. The lowest BCUT2D eigenvalue weighted by molar-refractivity contribution is 0.0138. The van der Waals surface area contributed by atoms with Crippen LogP contribution in [0.3, 0.4) is 0 Å². The molecule has 140 valence electrons. The van der Waals surface area contributed by atoms with E-state index in [4.69, 9.17) is 4.52 Å². The Hall–Kier alpha value is -3.51. The van der Waals surface area contributed by atoms with Gasteiger partial charge in [0.05, 0.1) is 13.0 Å². The maximum absolute atomic E-state index is 13.6. The number of rotatable bonds is 3. The number of aromatic nitrogens is 4. The molecular formula is C19H14F2N6O. The number of hydrogen-bond donors (Lipinski definition) is 1. The van der Waals surface area contributed by atoms with Gasteiger partial charge in [0.25, 0.3) is 11.8 Å². The van der Waals surface area contributed by atoms with Gasteiger partial charge in [0.15, 0.2) is 5.66 Å². The van der Waals surface area contributed by atoms with Gasteiger partial charge < -0.3 is 4.52 Å². The van der Waals surface area contributed by atoms with Gasteiger partial charge in [0, 0.05) is 18.0 Å².